The van der Waals surface area contributed by atoms with Gasteiger partial charge in [0.25, 0.3) is 0 Å². The maximum Gasteiger partial charge on any atom is 0.0331 e. The SMILES string of the molecule is CC(C)C(C)NCCN(Cc1cccs1)C(C)C. The largest absolute Gasteiger partial charge is 0.313 e. The summed E-state index contributed by atoms with van der Waals surface area (Å²) in [5.74, 6) is 0.704. The van der Waals surface area contributed by atoms with E-state index in [4.69, 9.17) is 0 Å². The lowest BCUT2D eigenvalue weighted by Crippen LogP contribution is -2.40. The number of nitrogens with one attached hydrogen (secondary N) is 1. The highest BCUT2D eigenvalue weighted by Gasteiger charge is 2.12. The normalized spacial score (nSPS) is 13.8. The number of nitrogens with zero attached hydrogens (tertiary/aromatic N) is 1. The first-order chi connectivity index (χ1) is 8.50. The Morgan fingerprint density at radius 3 is 2.44 bits per heavy atom. The first kappa shape index (κ1) is 15.7. The number of hydrogen-bond donors (Lipinski definition) is 1. The van der Waals surface area contributed by atoms with Gasteiger partial charge in [0, 0.05) is 36.6 Å². The summed E-state index contributed by atoms with van der Waals surface area (Å²) in [5.41, 5.74) is 0. The van der Waals surface area contributed by atoms with Crippen LogP contribution in [0.25, 0.3) is 0 Å². The lowest BCUT2D eigenvalue weighted by atomic mass is 10.1. The summed E-state index contributed by atoms with van der Waals surface area (Å²) in [6, 6.07) is 5.56. The molecule has 3 heteroatoms. The van der Waals surface area contributed by atoms with Crippen LogP contribution in [0.5, 0.6) is 0 Å². The van der Waals surface area contributed by atoms with Gasteiger partial charge in [0.1, 0.15) is 0 Å². The van der Waals surface area contributed by atoms with E-state index in [1.807, 2.05) is 11.3 Å². The third-order valence-electron chi connectivity index (χ3n) is 3.53. The molecule has 1 aromatic rings. The van der Waals surface area contributed by atoms with Crippen LogP contribution in [-0.4, -0.2) is 30.1 Å². The van der Waals surface area contributed by atoms with Crippen LogP contribution in [0.4, 0.5) is 0 Å². The lowest BCUT2D eigenvalue weighted by Gasteiger charge is -2.27. The average Bonchev–Trinajstić information content (AvgIpc) is 2.79. The molecule has 1 rings (SSSR count). The minimum Gasteiger partial charge on any atom is -0.313 e. The van der Waals surface area contributed by atoms with Crippen LogP contribution in [0.1, 0.15) is 39.5 Å². The highest BCUT2D eigenvalue weighted by atomic mass is 32.1. The number of hydrogen-bond acceptors (Lipinski definition) is 3. The Bertz CT molecular complexity index is 306. The molecular weight excluding hydrogens is 240 g/mol. The second-order valence-corrected chi connectivity index (χ2v) is 6.66. The molecule has 0 fully saturated rings. The third kappa shape index (κ3) is 5.51. The smallest absolute Gasteiger partial charge is 0.0331 e. The van der Waals surface area contributed by atoms with Gasteiger partial charge in [-0.15, -0.1) is 11.3 Å². The molecule has 1 unspecified atom stereocenters. The summed E-state index contributed by atoms with van der Waals surface area (Å²) in [6.07, 6.45) is 0. The van der Waals surface area contributed by atoms with Crippen molar-refractivity contribution >= 4 is 11.3 Å². The Hall–Kier alpha value is -0.380. The van der Waals surface area contributed by atoms with Crippen molar-refractivity contribution in [2.75, 3.05) is 13.1 Å². The van der Waals surface area contributed by atoms with Crippen LogP contribution in [-0.2, 0) is 6.54 Å². The second kappa shape index (κ2) is 7.93. The van der Waals surface area contributed by atoms with E-state index in [0.717, 1.165) is 19.6 Å². The highest BCUT2D eigenvalue weighted by Crippen LogP contribution is 2.13. The van der Waals surface area contributed by atoms with E-state index in [2.05, 4.69) is 62.3 Å². The van der Waals surface area contributed by atoms with Crippen LogP contribution in [0, 0.1) is 5.92 Å². The van der Waals surface area contributed by atoms with E-state index >= 15 is 0 Å². The van der Waals surface area contributed by atoms with Gasteiger partial charge >= 0.3 is 0 Å². The van der Waals surface area contributed by atoms with Gasteiger partial charge in [-0.1, -0.05) is 19.9 Å². The maximum absolute atomic E-state index is 3.61. The minimum absolute atomic E-state index is 0.598. The monoisotopic (exact) mass is 268 g/mol. The van der Waals surface area contributed by atoms with Gasteiger partial charge in [0.2, 0.25) is 0 Å². The summed E-state index contributed by atoms with van der Waals surface area (Å²) < 4.78 is 0. The molecule has 0 spiro atoms. The molecule has 1 N–H and O–H groups in total. The molecular formula is C15H28N2S. The van der Waals surface area contributed by atoms with Gasteiger partial charge in [-0.2, -0.15) is 0 Å². The van der Waals surface area contributed by atoms with Crippen LogP contribution >= 0.6 is 11.3 Å². The van der Waals surface area contributed by atoms with Crippen LogP contribution in [0.15, 0.2) is 17.5 Å². The molecule has 104 valence electrons. The van der Waals surface area contributed by atoms with Gasteiger partial charge in [-0.3, -0.25) is 4.90 Å². The standard InChI is InChI=1S/C15H28N2S/c1-12(2)14(5)16-8-9-17(13(3)4)11-15-7-6-10-18-15/h6-7,10,12-14,16H,8-9,11H2,1-5H3. The quantitative estimate of drug-likeness (QED) is 0.775. The fourth-order valence-corrected chi connectivity index (χ4v) is 2.52. The summed E-state index contributed by atoms with van der Waals surface area (Å²) in [7, 11) is 0. The van der Waals surface area contributed by atoms with E-state index in [-0.39, 0.29) is 0 Å². The zero-order valence-corrected chi connectivity index (χ0v) is 13.3. The molecule has 0 saturated heterocycles. The van der Waals surface area contributed by atoms with Crippen LogP contribution in [0.2, 0.25) is 0 Å². The minimum atomic E-state index is 0.598. The summed E-state index contributed by atoms with van der Waals surface area (Å²) in [4.78, 5) is 3.99. The molecule has 1 heterocycles. The fourth-order valence-electron chi connectivity index (χ4n) is 1.79. The third-order valence-corrected chi connectivity index (χ3v) is 4.40. The Morgan fingerprint density at radius 1 is 1.22 bits per heavy atom. The predicted octanol–water partition coefficient (Wildman–Crippen LogP) is 3.59. The summed E-state index contributed by atoms with van der Waals surface area (Å²) in [5, 5.41) is 5.77. The zero-order chi connectivity index (χ0) is 13.5. The topological polar surface area (TPSA) is 15.3 Å². The number of rotatable bonds is 8. The molecule has 0 aliphatic rings. The molecule has 1 atom stereocenters. The van der Waals surface area contributed by atoms with E-state index in [1.165, 1.54) is 4.88 Å². The van der Waals surface area contributed by atoms with Crippen molar-refractivity contribution in [1.29, 1.82) is 0 Å². The van der Waals surface area contributed by atoms with Crippen molar-refractivity contribution in [3.05, 3.63) is 22.4 Å². The molecule has 0 amide bonds. The number of thiophene rings is 1. The second-order valence-electron chi connectivity index (χ2n) is 5.63. The van der Waals surface area contributed by atoms with Gasteiger partial charge in [0.15, 0.2) is 0 Å². The molecule has 0 aliphatic heterocycles. The van der Waals surface area contributed by atoms with E-state index in [1.54, 1.807) is 0 Å². The molecule has 0 aromatic carbocycles. The highest BCUT2D eigenvalue weighted by molar-refractivity contribution is 7.09. The Labute approximate surface area is 116 Å². The van der Waals surface area contributed by atoms with Gasteiger partial charge in [-0.25, -0.2) is 0 Å². The lowest BCUT2D eigenvalue weighted by molar-refractivity contribution is 0.210. The van der Waals surface area contributed by atoms with E-state index < -0.39 is 0 Å². The molecule has 18 heavy (non-hydrogen) atoms. The van der Waals surface area contributed by atoms with E-state index in [0.29, 0.717) is 18.0 Å². The van der Waals surface area contributed by atoms with Crippen molar-refractivity contribution in [3.8, 4) is 0 Å². The van der Waals surface area contributed by atoms with Gasteiger partial charge in [-0.05, 0) is 38.1 Å². The fraction of sp³-hybridized carbons (Fsp3) is 0.733. The molecule has 1 aromatic heterocycles. The van der Waals surface area contributed by atoms with Crippen LogP contribution < -0.4 is 5.32 Å². The first-order valence-corrected chi connectivity index (χ1v) is 7.88. The summed E-state index contributed by atoms with van der Waals surface area (Å²) in [6.45, 7) is 14.6. The summed E-state index contributed by atoms with van der Waals surface area (Å²) >= 11 is 1.85. The Morgan fingerprint density at radius 2 is 1.94 bits per heavy atom. The molecule has 0 aliphatic carbocycles. The molecule has 0 bridgehead atoms. The van der Waals surface area contributed by atoms with Crippen molar-refractivity contribution in [2.45, 2.75) is 53.2 Å². The van der Waals surface area contributed by atoms with Gasteiger partial charge in [0.05, 0.1) is 0 Å². The predicted molar refractivity (Wildman–Crippen MR) is 82.2 cm³/mol. The maximum atomic E-state index is 3.61. The van der Waals surface area contributed by atoms with Gasteiger partial charge < -0.3 is 5.32 Å². The van der Waals surface area contributed by atoms with Crippen molar-refractivity contribution in [2.24, 2.45) is 5.92 Å². The zero-order valence-electron chi connectivity index (χ0n) is 12.4. The molecule has 0 radical (unpaired) electrons. The Balaban J connectivity index is 2.35. The first-order valence-electron chi connectivity index (χ1n) is 7.00. The van der Waals surface area contributed by atoms with Crippen LogP contribution in [0.3, 0.4) is 0 Å². The Kier molecular flexibility index (Phi) is 6.90. The molecule has 2 nitrogen and oxygen atoms in total. The average molecular weight is 268 g/mol. The van der Waals surface area contributed by atoms with Crippen molar-refractivity contribution in [1.82, 2.24) is 10.2 Å². The molecule has 0 saturated carbocycles. The van der Waals surface area contributed by atoms with Crippen molar-refractivity contribution < 1.29 is 0 Å². The van der Waals surface area contributed by atoms with E-state index in [9.17, 15) is 0 Å². The van der Waals surface area contributed by atoms with Crippen molar-refractivity contribution in [3.63, 3.8) is 0 Å².